The third kappa shape index (κ3) is 4.50. The van der Waals surface area contributed by atoms with Crippen LogP contribution in [0, 0.1) is 13.8 Å². The minimum atomic E-state index is -0.700. The molecule has 224 valence electrons. The van der Waals surface area contributed by atoms with Crippen molar-refractivity contribution in [3.05, 3.63) is 120 Å². The molecule has 0 N–H and O–H groups in total. The molecule has 0 unspecified atom stereocenters. The minimum Gasteiger partial charge on any atom is -0.858 e. The fourth-order valence-electron chi connectivity index (χ4n) is 5.48. The Balaban J connectivity index is 1.54. The lowest BCUT2D eigenvalue weighted by Crippen LogP contribution is -2.48. The minimum absolute atomic E-state index is 0.0331. The van der Waals surface area contributed by atoms with E-state index < -0.39 is 34.7 Å². The molecule has 2 aromatic carbocycles. The summed E-state index contributed by atoms with van der Waals surface area (Å²) in [5.41, 5.74) is 0.113. The van der Waals surface area contributed by atoms with E-state index in [0.29, 0.717) is 22.5 Å². The molecule has 0 saturated heterocycles. The molecular weight excluding hydrogens is 576 g/mol. The van der Waals surface area contributed by atoms with E-state index in [9.17, 15) is 29.1 Å². The molecule has 0 fully saturated rings. The summed E-state index contributed by atoms with van der Waals surface area (Å²) in [5, 5.41) is 23.3. The van der Waals surface area contributed by atoms with Crippen LogP contribution in [0.3, 0.4) is 0 Å². The SMILES string of the molecule is CC(=O)n1c2c(c(C)/c(=C\C=Cc3c(C)c4c([O-])n(-c5ccccc5)nc4n(C(C)=O)c3=O)c1=O)C(=O)N(c1ccccc1)N=2. The van der Waals surface area contributed by atoms with Crippen molar-refractivity contribution >= 4 is 46.6 Å². The van der Waals surface area contributed by atoms with Gasteiger partial charge in [0.2, 0.25) is 11.8 Å². The Kier molecular flexibility index (Phi) is 6.96. The van der Waals surface area contributed by atoms with Gasteiger partial charge in [-0.3, -0.25) is 24.0 Å². The molecule has 5 aromatic rings. The van der Waals surface area contributed by atoms with Crippen LogP contribution < -0.4 is 31.9 Å². The van der Waals surface area contributed by atoms with E-state index in [1.807, 2.05) is 0 Å². The normalized spacial score (nSPS) is 13.1. The van der Waals surface area contributed by atoms with Crippen LogP contribution in [0.2, 0.25) is 0 Å². The lowest BCUT2D eigenvalue weighted by molar-refractivity contribution is -0.275. The Morgan fingerprint density at radius 1 is 0.800 bits per heavy atom. The maximum absolute atomic E-state index is 13.5. The summed E-state index contributed by atoms with van der Waals surface area (Å²) in [4.78, 5) is 65.8. The maximum atomic E-state index is 13.5. The second kappa shape index (κ2) is 10.8. The summed E-state index contributed by atoms with van der Waals surface area (Å²) >= 11 is 0. The zero-order valence-electron chi connectivity index (χ0n) is 24.6. The number of fused-ring (bicyclic) bond motifs is 2. The Morgan fingerprint density at radius 3 is 2.00 bits per heavy atom. The van der Waals surface area contributed by atoms with E-state index in [0.717, 1.165) is 18.8 Å². The number of hydrogen-bond donors (Lipinski definition) is 0. The summed E-state index contributed by atoms with van der Waals surface area (Å²) in [5.74, 6) is -2.28. The molecule has 45 heavy (non-hydrogen) atoms. The van der Waals surface area contributed by atoms with Crippen molar-refractivity contribution in [3.63, 3.8) is 0 Å². The maximum Gasteiger partial charge on any atom is 0.282 e. The molecule has 0 aliphatic carbocycles. The number of para-hydroxylation sites is 2. The largest absolute Gasteiger partial charge is 0.858 e. The molecule has 12 heteroatoms. The van der Waals surface area contributed by atoms with Crippen LogP contribution in [0.5, 0.6) is 5.88 Å². The molecule has 0 spiro atoms. The fraction of sp³-hybridized carbons (Fsp3) is 0.121. The van der Waals surface area contributed by atoms with Gasteiger partial charge >= 0.3 is 0 Å². The van der Waals surface area contributed by atoms with E-state index in [2.05, 4.69) is 10.2 Å². The zero-order valence-corrected chi connectivity index (χ0v) is 24.6. The predicted molar refractivity (Wildman–Crippen MR) is 165 cm³/mol. The summed E-state index contributed by atoms with van der Waals surface area (Å²) in [6.07, 6.45) is 4.16. The molecule has 1 aliphatic rings. The average Bonchev–Trinajstić information content (AvgIpc) is 3.53. The topological polar surface area (TPSA) is 152 Å². The number of amides is 1. The first-order chi connectivity index (χ1) is 21.5. The second-order valence-electron chi connectivity index (χ2n) is 10.4. The highest BCUT2D eigenvalue weighted by Crippen LogP contribution is 2.29. The van der Waals surface area contributed by atoms with Gasteiger partial charge in [-0.25, -0.2) is 13.8 Å². The number of aryl methyl sites for hydroxylation is 1. The van der Waals surface area contributed by atoms with Gasteiger partial charge in [0.05, 0.1) is 16.9 Å². The first-order valence-corrected chi connectivity index (χ1v) is 13.9. The lowest BCUT2D eigenvalue weighted by Gasteiger charge is -2.12. The quantitative estimate of drug-likeness (QED) is 0.306. The van der Waals surface area contributed by atoms with Crippen LogP contribution in [-0.4, -0.2) is 36.6 Å². The Morgan fingerprint density at radius 2 is 1.40 bits per heavy atom. The van der Waals surface area contributed by atoms with E-state index in [1.165, 1.54) is 32.1 Å². The van der Waals surface area contributed by atoms with Gasteiger partial charge in [-0.1, -0.05) is 42.5 Å². The summed E-state index contributed by atoms with van der Waals surface area (Å²) in [6.45, 7) is 5.55. The highest BCUT2D eigenvalue weighted by atomic mass is 16.3. The summed E-state index contributed by atoms with van der Waals surface area (Å²) in [7, 11) is 0. The van der Waals surface area contributed by atoms with Gasteiger partial charge in [0.1, 0.15) is 0 Å². The van der Waals surface area contributed by atoms with Gasteiger partial charge in [0.15, 0.2) is 11.1 Å². The first kappa shape index (κ1) is 28.9. The molecular formula is C33H25N6O6-. The molecule has 0 radical (unpaired) electrons. The third-order valence-corrected chi connectivity index (χ3v) is 7.65. The van der Waals surface area contributed by atoms with Crippen molar-refractivity contribution in [2.45, 2.75) is 27.7 Å². The van der Waals surface area contributed by atoms with E-state index in [-0.39, 0.29) is 32.9 Å². The average molecular weight is 602 g/mol. The van der Waals surface area contributed by atoms with Crippen LogP contribution in [0.1, 0.15) is 50.5 Å². The van der Waals surface area contributed by atoms with Gasteiger partial charge < -0.3 is 5.11 Å². The molecule has 3 aromatic heterocycles. The van der Waals surface area contributed by atoms with Crippen molar-refractivity contribution < 1.29 is 19.5 Å². The van der Waals surface area contributed by atoms with Gasteiger partial charge in [-0.2, -0.15) is 5.01 Å². The molecule has 0 atom stereocenters. The number of hydrogen-bond acceptors (Lipinski definition) is 8. The van der Waals surface area contributed by atoms with Crippen molar-refractivity contribution in [2.75, 3.05) is 5.01 Å². The van der Waals surface area contributed by atoms with Crippen molar-refractivity contribution in [3.8, 4) is 11.6 Å². The number of carbonyl (C=O) groups is 3. The van der Waals surface area contributed by atoms with E-state index >= 15 is 0 Å². The van der Waals surface area contributed by atoms with Gasteiger partial charge in [0.25, 0.3) is 17.0 Å². The van der Waals surface area contributed by atoms with Crippen LogP contribution >= 0.6 is 0 Å². The highest BCUT2D eigenvalue weighted by Gasteiger charge is 2.31. The number of rotatable bonds is 4. The van der Waals surface area contributed by atoms with Crippen molar-refractivity contribution in [2.24, 2.45) is 5.10 Å². The molecule has 6 rings (SSSR count). The van der Waals surface area contributed by atoms with Crippen LogP contribution in [0.15, 0.2) is 81.4 Å². The zero-order chi connectivity index (χ0) is 32.2. The van der Waals surface area contributed by atoms with Gasteiger partial charge in [0, 0.05) is 35.9 Å². The highest BCUT2D eigenvalue weighted by molar-refractivity contribution is 6.08. The second-order valence-corrected chi connectivity index (χ2v) is 10.4. The third-order valence-electron chi connectivity index (χ3n) is 7.65. The lowest BCUT2D eigenvalue weighted by atomic mass is 10.1. The smallest absolute Gasteiger partial charge is 0.282 e. The van der Waals surface area contributed by atoms with Crippen LogP contribution in [0.4, 0.5) is 5.69 Å². The number of nitrogens with zero attached hydrogens (tertiary/aromatic N) is 6. The number of carbonyl (C=O) groups excluding carboxylic acids is 3. The molecule has 1 aliphatic heterocycles. The molecule has 0 bridgehead atoms. The summed E-state index contributed by atoms with van der Waals surface area (Å²) in [6, 6.07) is 17.2. The fourth-order valence-corrected chi connectivity index (χ4v) is 5.48. The van der Waals surface area contributed by atoms with Crippen LogP contribution in [-0.2, 0) is 0 Å². The number of aromatic nitrogens is 4. The Bertz CT molecular complexity index is 2370. The molecule has 0 saturated carbocycles. The van der Waals surface area contributed by atoms with Gasteiger partial charge in [-0.15, -0.1) is 10.2 Å². The Labute approximate surface area is 254 Å². The first-order valence-electron chi connectivity index (χ1n) is 13.9. The molecule has 1 amide bonds. The number of allylic oxidation sites excluding steroid dienone is 1. The van der Waals surface area contributed by atoms with Crippen LogP contribution in [0.25, 0.3) is 28.9 Å². The van der Waals surface area contributed by atoms with Crippen molar-refractivity contribution in [1.82, 2.24) is 18.9 Å². The monoisotopic (exact) mass is 601 g/mol. The van der Waals surface area contributed by atoms with E-state index in [1.54, 1.807) is 74.5 Å². The number of anilines is 1. The number of pyridine rings is 2. The standard InChI is InChI=1S/C33H26N6O6/c1-18-24(30(42)36(20(3)40)28-26(18)32(44)38(34-28)22-12-7-5-8-13-22)16-11-17-25-19(2)27-29(37(21(4)41)31(25)43)35-39(33(27)45)23-14-9-6-10-15-23/h5-17,44H,1-4H3/p-1/b16-11?,25-17+. The van der Waals surface area contributed by atoms with Gasteiger partial charge in [-0.05, 0) is 61.4 Å². The summed E-state index contributed by atoms with van der Waals surface area (Å²) < 4.78 is 2.81. The number of benzene rings is 2. The predicted octanol–water partition coefficient (Wildman–Crippen LogP) is 2.05. The van der Waals surface area contributed by atoms with E-state index in [4.69, 9.17) is 0 Å². The Hall–Kier alpha value is -6.17. The molecule has 12 nitrogen and oxygen atoms in total. The van der Waals surface area contributed by atoms with Crippen molar-refractivity contribution in [1.29, 1.82) is 0 Å². The molecule has 4 heterocycles.